The maximum atomic E-state index is 13.1. The molecule has 0 aliphatic carbocycles. The number of para-hydroxylation sites is 1. The van der Waals surface area contributed by atoms with Gasteiger partial charge in [0, 0.05) is 20.1 Å². The first-order valence-electron chi connectivity index (χ1n) is 8.45. The fourth-order valence-corrected chi connectivity index (χ4v) is 2.70. The van der Waals surface area contributed by atoms with Crippen molar-refractivity contribution in [3.8, 4) is 5.75 Å². The average Bonchev–Trinajstić information content (AvgIpc) is 2.62. The number of aryl methyl sites for hydroxylation is 1. The van der Waals surface area contributed by atoms with Crippen LogP contribution in [0.2, 0.25) is 0 Å². The lowest BCUT2D eigenvalue weighted by atomic mass is 10.1. The lowest BCUT2D eigenvalue weighted by Crippen LogP contribution is -2.39. The van der Waals surface area contributed by atoms with Gasteiger partial charge in [0.15, 0.2) is 5.96 Å². The highest BCUT2D eigenvalue weighted by Gasteiger charge is 2.04. The van der Waals surface area contributed by atoms with Crippen LogP contribution in [0.1, 0.15) is 16.7 Å². The van der Waals surface area contributed by atoms with Crippen LogP contribution in [0.3, 0.4) is 0 Å². The van der Waals surface area contributed by atoms with Gasteiger partial charge in [-0.15, -0.1) is 24.0 Å². The molecule has 2 aromatic rings. The van der Waals surface area contributed by atoms with Crippen molar-refractivity contribution in [3.63, 3.8) is 0 Å². The van der Waals surface area contributed by atoms with E-state index in [0.29, 0.717) is 0 Å². The number of rotatable bonds is 7. The summed E-state index contributed by atoms with van der Waals surface area (Å²) < 4.78 is 18.5. The van der Waals surface area contributed by atoms with Gasteiger partial charge in [-0.1, -0.05) is 24.3 Å². The number of halogens is 2. The molecule has 0 unspecified atom stereocenters. The smallest absolute Gasteiger partial charge is 0.190 e. The Balaban J connectivity index is 0.00000338. The van der Waals surface area contributed by atoms with Gasteiger partial charge in [-0.3, -0.25) is 4.99 Å². The van der Waals surface area contributed by atoms with Gasteiger partial charge < -0.3 is 15.4 Å². The van der Waals surface area contributed by atoms with Gasteiger partial charge in [-0.2, -0.15) is 0 Å². The molecular formula is C20H27FIN3O. The zero-order chi connectivity index (χ0) is 18.1. The highest BCUT2D eigenvalue weighted by atomic mass is 127. The minimum absolute atomic E-state index is 0. The molecule has 0 aliphatic rings. The molecule has 0 aromatic heterocycles. The predicted molar refractivity (Wildman–Crippen MR) is 116 cm³/mol. The third-order valence-corrected chi connectivity index (χ3v) is 4.09. The number of nitrogens with zero attached hydrogens (tertiary/aromatic N) is 1. The Morgan fingerprint density at radius 1 is 1.04 bits per heavy atom. The molecule has 0 radical (unpaired) electrons. The summed E-state index contributed by atoms with van der Waals surface area (Å²) in [5.41, 5.74) is 3.27. The number of benzene rings is 2. The van der Waals surface area contributed by atoms with Crippen LogP contribution in [0, 0.1) is 12.7 Å². The van der Waals surface area contributed by atoms with Crippen molar-refractivity contribution in [1.29, 1.82) is 0 Å². The Bertz CT molecular complexity index is 722. The fraction of sp³-hybridized carbons (Fsp3) is 0.350. The third-order valence-electron chi connectivity index (χ3n) is 4.09. The van der Waals surface area contributed by atoms with E-state index in [4.69, 9.17) is 4.74 Å². The van der Waals surface area contributed by atoms with Crippen LogP contribution < -0.4 is 15.4 Å². The molecule has 2 N–H and O–H groups in total. The number of hydrogen-bond acceptors (Lipinski definition) is 2. The molecule has 0 saturated heterocycles. The normalized spacial score (nSPS) is 10.8. The molecule has 6 heteroatoms. The summed E-state index contributed by atoms with van der Waals surface area (Å²) in [7, 11) is 3.44. The predicted octanol–water partition coefficient (Wildman–Crippen LogP) is 3.71. The van der Waals surface area contributed by atoms with Gasteiger partial charge >= 0.3 is 0 Å². The van der Waals surface area contributed by atoms with E-state index in [9.17, 15) is 4.39 Å². The number of ether oxygens (including phenoxy) is 1. The Labute approximate surface area is 172 Å². The number of nitrogens with one attached hydrogen (secondary N) is 2. The lowest BCUT2D eigenvalue weighted by molar-refractivity contribution is 0.409. The summed E-state index contributed by atoms with van der Waals surface area (Å²) >= 11 is 0. The minimum atomic E-state index is -0.192. The van der Waals surface area contributed by atoms with Crippen LogP contribution in [-0.4, -0.2) is 33.2 Å². The second kappa shape index (κ2) is 11.7. The molecule has 0 amide bonds. The van der Waals surface area contributed by atoms with Crippen LogP contribution in [0.5, 0.6) is 5.75 Å². The maximum absolute atomic E-state index is 13.1. The Kier molecular flexibility index (Phi) is 10.0. The van der Waals surface area contributed by atoms with Crippen molar-refractivity contribution in [2.24, 2.45) is 4.99 Å². The minimum Gasteiger partial charge on any atom is -0.496 e. The first kappa shape index (κ1) is 22.2. The van der Waals surface area contributed by atoms with Gasteiger partial charge in [0.05, 0.1) is 7.11 Å². The Morgan fingerprint density at radius 2 is 1.69 bits per heavy atom. The molecule has 4 nitrogen and oxygen atoms in total. The standard InChI is InChI=1S/C20H26FN3O.HI/c1-15-14-18(21)9-8-16(15)10-12-23-20(22-2)24-13-11-17-6-4-5-7-19(17)25-3;/h4-9,14H,10-13H2,1-3H3,(H2,22,23,24);1H. The quantitative estimate of drug-likeness (QED) is 0.368. The maximum Gasteiger partial charge on any atom is 0.190 e. The van der Waals surface area contributed by atoms with E-state index in [-0.39, 0.29) is 29.8 Å². The van der Waals surface area contributed by atoms with E-state index in [0.717, 1.165) is 54.3 Å². The number of methoxy groups -OCH3 is 1. The Morgan fingerprint density at radius 3 is 2.31 bits per heavy atom. The number of guanidine groups is 1. The number of hydrogen-bond donors (Lipinski definition) is 2. The van der Waals surface area contributed by atoms with E-state index in [1.807, 2.05) is 31.2 Å². The van der Waals surface area contributed by atoms with Crippen molar-refractivity contribution >= 4 is 29.9 Å². The van der Waals surface area contributed by atoms with Gasteiger partial charge in [0.25, 0.3) is 0 Å². The van der Waals surface area contributed by atoms with Gasteiger partial charge in [0.1, 0.15) is 11.6 Å². The van der Waals surface area contributed by atoms with Crippen LogP contribution in [0.4, 0.5) is 4.39 Å². The molecule has 0 heterocycles. The molecular weight excluding hydrogens is 444 g/mol. The van der Waals surface area contributed by atoms with E-state index in [1.54, 1.807) is 20.2 Å². The first-order chi connectivity index (χ1) is 12.1. The van der Waals surface area contributed by atoms with E-state index >= 15 is 0 Å². The topological polar surface area (TPSA) is 45.7 Å². The summed E-state index contributed by atoms with van der Waals surface area (Å²) in [6.07, 6.45) is 1.67. The molecule has 0 saturated carbocycles. The average molecular weight is 471 g/mol. The number of aliphatic imine (C=N–C) groups is 1. The Hall–Kier alpha value is -1.83. The molecule has 0 spiro atoms. The fourth-order valence-electron chi connectivity index (χ4n) is 2.70. The van der Waals surface area contributed by atoms with Crippen molar-refractivity contribution in [1.82, 2.24) is 10.6 Å². The van der Waals surface area contributed by atoms with Crippen molar-refractivity contribution in [3.05, 3.63) is 65.0 Å². The van der Waals surface area contributed by atoms with E-state index in [1.165, 1.54) is 6.07 Å². The van der Waals surface area contributed by atoms with Gasteiger partial charge in [-0.25, -0.2) is 4.39 Å². The summed E-state index contributed by atoms with van der Waals surface area (Å²) in [5.74, 6) is 1.47. The second-order valence-corrected chi connectivity index (χ2v) is 5.81. The third kappa shape index (κ3) is 6.82. The SMILES string of the molecule is CN=C(NCCc1ccc(F)cc1C)NCCc1ccccc1OC.I. The van der Waals surface area contributed by atoms with Gasteiger partial charge in [-0.05, 0) is 54.7 Å². The van der Waals surface area contributed by atoms with Crippen LogP contribution in [0.15, 0.2) is 47.5 Å². The highest BCUT2D eigenvalue weighted by Crippen LogP contribution is 2.17. The lowest BCUT2D eigenvalue weighted by Gasteiger charge is -2.13. The molecule has 0 bridgehead atoms. The van der Waals surface area contributed by atoms with Crippen LogP contribution in [-0.2, 0) is 12.8 Å². The molecule has 0 aliphatic heterocycles. The molecule has 0 atom stereocenters. The zero-order valence-electron chi connectivity index (χ0n) is 15.5. The summed E-state index contributed by atoms with van der Waals surface area (Å²) in [5, 5.41) is 6.59. The monoisotopic (exact) mass is 471 g/mol. The van der Waals surface area contributed by atoms with E-state index < -0.39 is 0 Å². The largest absolute Gasteiger partial charge is 0.496 e. The molecule has 142 valence electrons. The molecule has 0 fully saturated rings. The summed E-state index contributed by atoms with van der Waals surface area (Å²) in [6, 6.07) is 12.9. The molecule has 26 heavy (non-hydrogen) atoms. The van der Waals surface area contributed by atoms with Crippen molar-refractivity contribution in [2.45, 2.75) is 19.8 Å². The molecule has 2 aromatic carbocycles. The first-order valence-corrected chi connectivity index (χ1v) is 8.45. The highest BCUT2D eigenvalue weighted by molar-refractivity contribution is 14.0. The summed E-state index contributed by atoms with van der Waals surface area (Å²) in [6.45, 7) is 3.43. The zero-order valence-corrected chi connectivity index (χ0v) is 17.8. The van der Waals surface area contributed by atoms with Crippen LogP contribution >= 0.6 is 24.0 Å². The van der Waals surface area contributed by atoms with Crippen molar-refractivity contribution in [2.75, 3.05) is 27.2 Å². The van der Waals surface area contributed by atoms with Crippen molar-refractivity contribution < 1.29 is 9.13 Å². The van der Waals surface area contributed by atoms with Crippen LogP contribution in [0.25, 0.3) is 0 Å². The van der Waals surface area contributed by atoms with E-state index in [2.05, 4.69) is 21.7 Å². The van der Waals surface area contributed by atoms with Gasteiger partial charge in [0.2, 0.25) is 0 Å². The second-order valence-electron chi connectivity index (χ2n) is 5.81. The summed E-state index contributed by atoms with van der Waals surface area (Å²) in [4.78, 5) is 4.23. The molecule has 2 rings (SSSR count).